The van der Waals surface area contributed by atoms with Crippen LogP contribution in [0.15, 0.2) is 90.5 Å². The lowest BCUT2D eigenvalue weighted by atomic mass is 10.0. The Kier molecular flexibility index (Phi) is 7.05. The van der Waals surface area contributed by atoms with Crippen molar-refractivity contribution in [1.82, 2.24) is 0 Å². The number of nitrogens with one attached hydrogen (secondary N) is 1. The predicted molar refractivity (Wildman–Crippen MR) is 137 cm³/mol. The molecule has 0 spiro atoms. The minimum absolute atomic E-state index is 0.0164. The summed E-state index contributed by atoms with van der Waals surface area (Å²) in [4.78, 5) is 13.0. The highest BCUT2D eigenvalue weighted by Gasteiger charge is 2.15. The van der Waals surface area contributed by atoms with Crippen molar-refractivity contribution in [2.75, 3.05) is 5.32 Å². The Balaban J connectivity index is 1.71. The molecule has 4 aromatic rings. The largest absolute Gasteiger partial charge is 0.488 e. The van der Waals surface area contributed by atoms with Crippen LogP contribution in [0, 0.1) is 18.3 Å². The van der Waals surface area contributed by atoms with Crippen LogP contribution in [-0.2, 0) is 17.8 Å². The van der Waals surface area contributed by atoms with Crippen molar-refractivity contribution in [2.45, 2.75) is 26.9 Å². The summed E-state index contributed by atoms with van der Waals surface area (Å²) >= 11 is 0. The van der Waals surface area contributed by atoms with E-state index >= 15 is 0 Å². The minimum atomic E-state index is -0.444. The normalized spacial score (nSPS) is 11.1. The maximum Gasteiger partial charge on any atom is 0.266 e. The predicted octanol–water partition coefficient (Wildman–Crippen LogP) is 6.84. The van der Waals surface area contributed by atoms with Crippen LogP contribution in [0.1, 0.15) is 29.2 Å². The average molecular weight is 447 g/mol. The van der Waals surface area contributed by atoms with Crippen molar-refractivity contribution in [2.24, 2.45) is 0 Å². The Labute approximate surface area is 200 Å². The number of hydrogen-bond donors (Lipinski definition) is 1. The third-order valence-corrected chi connectivity index (χ3v) is 5.71. The van der Waals surface area contributed by atoms with Crippen LogP contribution in [-0.4, -0.2) is 5.91 Å². The molecule has 1 N–H and O–H groups in total. The zero-order valence-corrected chi connectivity index (χ0v) is 19.3. The lowest BCUT2D eigenvalue weighted by molar-refractivity contribution is -0.112. The van der Waals surface area contributed by atoms with Crippen molar-refractivity contribution in [3.8, 4) is 11.8 Å². The summed E-state index contributed by atoms with van der Waals surface area (Å²) in [7, 11) is 0. The van der Waals surface area contributed by atoms with Crippen molar-refractivity contribution >= 4 is 28.4 Å². The van der Waals surface area contributed by atoms with Crippen molar-refractivity contribution < 1.29 is 9.53 Å². The molecule has 0 fully saturated rings. The molecule has 0 aliphatic rings. The molecule has 34 heavy (non-hydrogen) atoms. The van der Waals surface area contributed by atoms with E-state index in [1.54, 1.807) is 6.08 Å². The molecule has 0 aliphatic carbocycles. The van der Waals surface area contributed by atoms with Crippen LogP contribution in [0.3, 0.4) is 0 Å². The number of carbonyl (C=O) groups excluding carboxylic acids is 1. The summed E-state index contributed by atoms with van der Waals surface area (Å²) < 4.78 is 6.18. The van der Waals surface area contributed by atoms with Gasteiger partial charge in [-0.15, -0.1) is 0 Å². The van der Waals surface area contributed by atoms with Crippen LogP contribution in [0.2, 0.25) is 0 Å². The number of rotatable bonds is 7. The van der Waals surface area contributed by atoms with Gasteiger partial charge in [0, 0.05) is 11.3 Å². The maximum absolute atomic E-state index is 13.0. The van der Waals surface area contributed by atoms with Gasteiger partial charge in [-0.25, -0.2) is 0 Å². The summed E-state index contributed by atoms with van der Waals surface area (Å²) in [5.41, 5.74) is 4.67. The van der Waals surface area contributed by atoms with Crippen LogP contribution in [0.5, 0.6) is 5.75 Å². The Morgan fingerprint density at radius 3 is 2.59 bits per heavy atom. The highest BCUT2D eigenvalue weighted by atomic mass is 16.5. The number of nitriles is 1. The van der Waals surface area contributed by atoms with Gasteiger partial charge < -0.3 is 10.1 Å². The number of hydrogen-bond acceptors (Lipinski definition) is 3. The molecule has 0 radical (unpaired) electrons. The van der Waals surface area contributed by atoms with E-state index in [1.807, 2.05) is 92.7 Å². The van der Waals surface area contributed by atoms with E-state index in [1.165, 1.54) is 0 Å². The van der Waals surface area contributed by atoms with Gasteiger partial charge in [0.25, 0.3) is 5.91 Å². The van der Waals surface area contributed by atoms with Gasteiger partial charge in [-0.05, 0) is 53.5 Å². The van der Waals surface area contributed by atoms with Crippen molar-refractivity contribution in [3.05, 3.63) is 113 Å². The maximum atomic E-state index is 13.0. The van der Waals surface area contributed by atoms with Gasteiger partial charge in [0.1, 0.15) is 24.0 Å². The van der Waals surface area contributed by atoms with E-state index in [2.05, 4.69) is 17.5 Å². The van der Waals surface area contributed by atoms with Crippen LogP contribution < -0.4 is 10.1 Å². The Bertz CT molecular complexity index is 1410. The lowest BCUT2D eigenvalue weighted by Gasteiger charge is -2.13. The highest BCUT2D eigenvalue weighted by Crippen LogP contribution is 2.31. The van der Waals surface area contributed by atoms with Gasteiger partial charge in [0.15, 0.2) is 0 Å². The molecular formula is C30H26N2O2. The van der Waals surface area contributed by atoms with Gasteiger partial charge in [0.2, 0.25) is 0 Å². The smallest absolute Gasteiger partial charge is 0.266 e. The topological polar surface area (TPSA) is 62.1 Å². The van der Waals surface area contributed by atoms with E-state index < -0.39 is 5.91 Å². The summed E-state index contributed by atoms with van der Waals surface area (Å²) in [6.07, 6.45) is 2.40. The second-order valence-electron chi connectivity index (χ2n) is 8.11. The fourth-order valence-electron chi connectivity index (χ4n) is 3.95. The number of para-hydroxylation sites is 1. The van der Waals surface area contributed by atoms with E-state index in [0.717, 1.165) is 33.9 Å². The second kappa shape index (κ2) is 10.5. The second-order valence-corrected chi connectivity index (χ2v) is 8.11. The zero-order chi connectivity index (χ0) is 23.9. The van der Waals surface area contributed by atoms with Gasteiger partial charge in [-0.1, -0.05) is 85.3 Å². The molecule has 0 aromatic heterocycles. The average Bonchev–Trinajstić information content (AvgIpc) is 2.86. The molecule has 0 unspecified atom stereocenters. The SMILES string of the molecule is CCc1ccccc1NC(=O)/C(C#N)=C/c1c(OCc2cccc(C)c2)ccc2ccccc12. The van der Waals surface area contributed by atoms with Gasteiger partial charge in [0.05, 0.1) is 0 Å². The van der Waals surface area contributed by atoms with Crippen LogP contribution >= 0.6 is 0 Å². The highest BCUT2D eigenvalue weighted by molar-refractivity contribution is 6.11. The molecule has 0 atom stereocenters. The molecule has 4 heteroatoms. The Hall–Kier alpha value is -4.36. The van der Waals surface area contributed by atoms with Crippen LogP contribution in [0.25, 0.3) is 16.8 Å². The van der Waals surface area contributed by atoms with Gasteiger partial charge in [-0.3, -0.25) is 4.79 Å². The van der Waals surface area contributed by atoms with E-state index in [0.29, 0.717) is 23.6 Å². The molecule has 0 aliphatic heterocycles. The third kappa shape index (κ3) is 5.16. The fraction of sp³-hybridized carbons (Fsp3) is 0.133. The molecule has 1 amide bonds. The zero-order valence-electron chi connectivity index (χ0n) is 19.3. The van der Waals surface area contributed by atoms with Crippen molar-refractivity contribution in [3.63, 3.8) is 0 Å². The third-order valence-electron chi connectivity index (χ3n) is 5.71. The van der Waals surface area contributed by atoms with E-state index in [4.69, 9.17) is 4.74 Å². The Morgan fingerprint density at radius 1 is 1.00 bits per heavy atom. The minimum Gasteiger partial charge on any atom is -0.488 e. The number of benzene rings is 4. The number of fused-ring (bicyclic) bond motifs is 1. The fourth-order valence-corrected chi connectivity index (χ4v) is 3.95. The number of ether oxygens (including phenoxy) is 1. The molecule has 4 rings (SSSR count). The van der Waals surface area contributed by atoms with E-state index in [9.17, 15) is 10.1 Å². The monoisotopic (exact) mass is 446 g/mol. The molecule has 0 heterocycles. The quantitative estimate of drug-likeness (QED) is 0.250. The first-order valence-corrected chi connectivity index (χ1v) is 11.3. The first kappa shape index (κ1) is 22.8. The van der Waals surface area contributed by atoms with E-state index in [-0.39, 0.29) is 5.57 Å². The molecule has 0 saturated heterocycles. The number of nitrogens with zero attached hydrogens (tertiary/aromatic N) is 1. The molecule has 0 bridgehead atoms. The first-order chi connectivity index (χ1) is 16.6. The molecule has 0 saturated carbocycles. The standard InChI is InChI=1S/C30H26N2O2/c1-3-23-11-5-7-14-28(23)32-30(33)25(19-31)18-27-26-13-6-4-12-24(26)15-16-29(27)34-20-22-10-8-9-21(2)17-22/h4-18H,3,20H2,1-2H3,(H,32,33)/b25-18+. The van der Waals surface area contributed by atoms with Crippen LogP contribution in [0.4, 0.5) is 5.69 Å². The molecule has 168 valence electrons. The molecular weight excluding hydrogens is 420 g/mol. The molecule has 4 nitrogen and oxygen atoms in total. The number of amides is 1. The summed E-state index contributed by atoms with van der Waals surface area (Å²) in [6.45, 7) is 4.46. The van der Waals surface area contributed by atoms with Gasteiger partial charge in [-0.2, -0.15) is 5.26 Å². The van der Waals surface area contributed by atoms with Crippen molar-refractivity contribution in [1.29, 1.82) is 5.26 Å². The molecule has 4 aromatic carbocycles. The summed E-state index contributed by atoms with van der Waals surface area (Å²) in [6, 6.07) is 29.6. The van der Waals surface area contributed by atoms with Gasteiger partial charge >= 0.3 is 0 Å². The first-order valence-electron chi connectivity index (χ1n) is 11.3. The number of carbonyl (C=O) groups is 1. The summed E-state index contributed by atoms with van der Waals surface area (Å²) in [5, 5.41) is 14.7. The number of aryl methyl sites for hydroxylation is 2. The summed E-state index contributed by atoms with van der Waals surface area (Å²) in [5.74, 6) is 0.177. The lowest BCUT2D eigenvalue weighted by Crippen LogP contribution is -2.14. The number of anilines is 1. The Morgan fingerprint density at radius 2 is 1.79 bits per heavy atom.